The van der Waals surface area contributed by atoms with Crippen LogP contribution in [0.2, 0.25) is 0 Å². The SMILES string of the molecule is Cc1ccc(-n2cccc2[C@H]2[C@@H](c3ccccn3)NC(=S)N2Cc2ccccn2)cc1. The molecular formula is C25H23N5S. The van der Waals surface area contributed by atoms with Crippen molar-refractivity contribution in [3.05, 3.63) is 114 Å². The molecule has 0 saturated carbocycles. The summed E-state index contributed by atoms with van der Waals surface area (Å²) in [6.07, 6.45) is 5.76. The van der Waals surface area contributed by atoms with Crippen LogP contribution in [0.3, 0.4) is 0 Å². The van der Waals surface area contributed by atoms with E-state index < -0.39 is 0 Å². The van der Waals surface area contributed by atoms with Gasteiger partial charge in [-0.15, -0.1) is 0 Å². The van der Waals surface area contributed by atoms with Crippen LogP contribution in [0.5, 0.6) is 0 Å². The maximum Gasteiger partial charge on any atom is 0.170 e. The van der Waals surface area contributed by atoms with Gasteiger partial charge in [0.25, 0.3) is 0 Å². The molecule has 0 aliphatic carbocycles. The van der Waals surface area contributed by atoms with Gasteiger partial charge in [0.2, 0.25) is 0 Å². The van der Waals surface area contributed by atoms with E-state index in [1.807, 2.05) is 42.7 Å². The summed E-state index contributed by atoms with van der Waals surface area (Å²) in [6, 6.07) is 24.7. The van der Waals surface area contributed by atoms with Gasteiger partial charge in [-0.2, -0.15) is 0 Å². The topological polar surface area (TPSA) is 46.0 Å². The van der Waals surface area contributed by atoms with E-state index in [0.717, 1.165) is 22.8 Å². The fraction of sp³-hybridized carbons (Fsp3) is 0.160. The summed E-state index contributed by atoms with van der Waals surface area (Å²) in [6.45, 7) is 2.73. The molecule has 6 heteroatoms. The van der Waals surface area contributed by atoms with Crippen LogP contribution in [-0.2, 0) is 6.54 Å². The minimum Gasteiger partial charge on any atom is -0.352 e. The van der Waals surface area contributed by atoms with Crippen molar-refractivity contribution in [1.82, 2.24) is 24.8 Å². The van der Waals surface area contributed by atoms with Gasteiger partial charge in [0.05, 0.1) is 30.0 Å². The Bertz CT molecular complexity index is 1170. The van der Waals surface area contributed by atoms with Crippen LogP contribution in [-0.4, -0.2) is 24.5 Å². The number of hydrogen-bond donors (Lipinski definition) is 1. The summed E-state index contributed by atoms with van der Waals surface area (Å²) in [7, 11) is 0. The van der Waals surface area contributed by atoms with E-state index in [2.05, 4.69) is 80.3 Å². The Hall–Kier alpha value is -3.51. The first-order valence-electron chi connectivity index (χ1n) is 10.3. The van der Waals surface area contributed by atoms with Gasteiger partial charge in [0.1, 0.15) is 0 Å². The molecule has 2 atom stereocenters. The Balaban J connectivity index is 1.60. The Kier molecular flexibility index (Phi) is 5.22. The molecule has 1 N–H and O–H groups in total. The first kappa shape index (κ1) is 19.5. The van der Waals surface area contributed by atoms with Crippen LogP contribution in [0.1, 0.15) is 34.7 Å². The zero-order valence-corrected chi connectivity index (χ0v) is 18.0. The van der Waals surface area contributed by atoms with Crippen molar-refractivity contribution in [3.63, 3.8) is 0 Å². The largest absolute Gasteiger partial charge is 0.352 e. The number of hydrogen-bond acceptors (Lipinski definition) is 3. The van der Waals surface area contributed by atoms with Crippen LogP contribution in [0.4, 0.5) is 0 Å². The normalized spacial score (nSPS) is 18.2. The molecule has 0 amide bonds. The monoisotopic (exact) mass is 425 g/mol. The molecule has 154 valence electrons. The number of benzene rings is 1. The summed E-state index contributed by atoms with van der Waals surface area (Å²) in [5, 5.41) is 4.23. The number of nitrogens with one attached hydrogen (secondary N) is 1. The second-order valence-electron chi connectivity index (χ2n) is 7.71. The number of pyridine rings is 2. The fourth-order valence-electron chi connectivity index (χ4n) is 4.14. The predicted octanol–water partition coefficient (Wildman–Crippen LogP) is 4.75. The van der Waals surface area contributed by atoms with Gasteiger partial charge in [-0.3, -0.25) is 9.97 Å². The Morgan fingerprint density at radius 1 is 0.903 bits per heavy atom. The maximum absolute atomic E-state index is 5.79. The van der Waals surface area contributed by atoms with Crippen molar-refractivity contribution in [3.8, 4) is 5.69 Å². The van der Waals surface area contributed by atoms with E-state index in [1.54, 1.807) is 0 Å². The lowest BCUT2D eigenvalue weighted by atomic mass is 10.0. The van der Waals surface area contributed by atoms with Gasteiger partial charge in [-0.05, 0) is 67.7 Å². The molecule has 0 spiro atoms. The van der Waals surface area contributed by atoms with Crippen molar-refractivity contribution in [2.24, 2.45) is 0 Å². The van der Waals surface area contributed by atoms with E-state index in [0.29, 0.717) is 11.7 Å². The highest BCUT2D eigenvalue weighted by Gasteiger charge is 2.41. The summed E-state index contributed by atoms with van der Waals surface area (Å²) in [5.74, 6) is 0. The minimum absolute atomic E-state index is 0.0271. The summed E-state index contributed by atoms with van der Waals surface area (Å²) in [5.41, 5.74) is 5.47. The molecule has 1 fully saturated rings. The van der Waals surface area contributed by atoms with Gasteiger partial charge in [-0.25, -0.2) is 0 Å². The molecule has 5 nitrogen and oxygen atoms in total. The van der Waals surface area contributed by atoms with Gasteiger partial charge in [-0.1, -0.05) is 29.8 Å². The third kappa shape index (κ3) is 3.82. The highest BCUT2D eigenvalue weighted by molar-refractivity contribution is 7.80. The van der Waals surface area contributed by atoms with Crippen molar-refractivity contribution >= 4 is 17.3 Å². The zero-order chi connectivity index (χ0) is 21.2. The van der Waals surface area contributed by atoms with Crippen LogP contribution in [0.15, 0.2) is 91.4 Å². The smallest absolute Gasteiger partial charge is 0.170 e. The zero-order valence-electron chi connectivity index (χ0n) is 17.2. The summed E-state index contributed by atoms with van der Waals surface area (Å²) >= 11 is 5.79. The lowest BCUT2D eigenvalue weighted by Crippen LogP contribution is -2.30. The quantitative estimate of drug-likeness (QED) is 0.468. The average molecular weight is 426 g/mol. The molecule has 0 bridgehead atoms. The number of rotatable bonds is 5. The molecule has 3 aromatic heterocycles. The standard InChI is InChI=1S/C25H23N5S/c1-18-10-12-20(13-11-18)29-16-6-9-22(29)24-23(21-8-3-5-15-27-21)28-25(31)30(24)17-19-7-2-4-14-26-19/h2-16,23-24H,17H2,1H3,(H,28,31)/t23-,24+/m1/s1. The molecular weight excluding hydrogens is 402 g/mol. The first-order chi connectivity index (χ1) is 15.2. The highest BCUT2D eigenvalue weighted by Crippen LogP contribution is 2.40. The van der Waals surface area contributed by atoms with E-state index in [-0.39, 0.29) is 12.1 Å². The third-order valence-corrected chi connectivity index (χ3v) is 6.00. The molecule has 1 aliphatic heterocycles. The average Bonchev–Trinajstić information content (AvgIpc) is 3.40. The molecule has 1 aromatic carbocycles. The lowest BCUT2D eigenvalue weighted by Gasteiger charge is -2.28. The van der Waals surface area contributed by atoms with Crippen LogP contribution < -0.4 is 5.32 Å². The lowest BCUT2D eigenvalue weighted by molar-refractivity contribution is 0.299. The molecule has 4 heterocycles. The molecule has 0 unspecified atom stereocenters. The molecule has 1 aliphatic rings. The third-order valence-electron chi connectivity index (χ3n) is 5.65. The number of aryl methyl sites for hydroxylation is 1. The van der Waals surface area contributed by atoms with E-state index in [4.69, 9.17) is 12.2 Å². The summed E-state index contributed by atoms with van der Waals surface area (Å²) < 4.78 is 2.24. The Morgan fingerprint density at radius 3 is 2.39 bits per heavy atom. The Labute approximate surface area is 187 Å². The van der Waals surface area contributed by atoms with Gasteiger partial charge in [0.15, 0.2) is 5.11 Å². The summed E-state index contributed by atoms with van der Waals surface area (Å²) in [4.78, 5) is 11.4. The van der Waals surface area contributed by atoms with Crippen molar-refractivity contribution in [2.75, 3.05) is 0 Å². The van der Waals surface area contributed by atoms with E-state index in [1.165, 1.54) is 5.56 Å². The fourth-order valence-corrected chi connectivity index (χ4v) is 4.44. The van der Waals surface area contributed by atoms with E-state index in [9.17, 15) is 0 Å². The second kappa shape index (κ2) is 8.32. The van der Waals surface area contributed by atoms with Gasteiger partial charge in [0, 0.05) is 30.0 Å². The predicted molar refractivity (Wildman–Crippen MR) is 126 cm³/mol. The van der Waals surface area contributed by atoms with Crippen molar-refractivity contribution in [1.29, 1.82) is 0 Å². The molecule has 4 aromatic rings. The Morgan fingerprint density at radius 2 is 1.68 bits per heavy atom. The molecule has 0 radical (unpaired) electrons. The molecule has 1 saturated heterocycles. The van der Waals surface area contributed by atoms with Crippen molar-refractivity contribution in [2.45, 2.75) is 25.6 Å². The number of aromatic nitrogens is 3. The van der Waals surface area contributed by atoms with Crippen molar-refractivity contribution < 1.29 is 0 Å². The highest BCUT2D eigenvalue weighted by atomic mass is 32.1. The van der Waals surface area contributed by atoms with Gasteiger partial charge < -0.3 is 14.8 Å². The number of nitrogens with zero attached hydrogens (tertiary/aromatic N) is 4. The maximum atomic E-state index is 5.79. The van der Waals surface area contributed by atoms with Crippen LogP contribution >= 0.6 is 12.2 Å². The van der Waals surface area contributed by atoms with Crippen LogP contribution in [0.25, 0.3) is 5.69 Å². The first-order valence-corrected chi connectivity index (χ1v) is 10.7. The second-order valence-corrected chi connectivity index (χ2v) is 8.10. The molecule has 31 heavy (non-hydrogen) atoms. The number of thiocarbonyl (C=S) groups is 1. The van der Waals surface area contributed by atoms with Gasteiger partial charge >= 0.3 is 0 Å². The molecule has 5 rings (SSSR count). The van der Waals surface area contributed by atoms with Crippen LogP contribution in [0, 0.1) is 6.92 Å². The minimum atomic E-state index is -0.0588. The van der Waals surface area contributed by atoms with E-state index >= 15 is 0 Å².